The Morgan fingerprint density at radius 1 is 1.12 bits per heavy atom. The van der Waals surface area contributed by atoms with Crippen molar-refractivity contribution in [1.29, 1.82) is 0 Å². The Kier molecular flexibility index (Phi) is 5.66. The molecule has 0 aromatic heterocycles. The Bertz CT molecular complexity index is 332. The molecule has 0 saturated carbocycles. The normalized spacial score (nSPS) is 11.9. The molecule has 0 aliphatic carbocycles. The second-order valence-electron chi connectivity index (χ2n) is 3.46. The summed E-state index contributed by atoms with van der Waals surface area (Å²) in [6.45, 7) is 6.44. The highest BCUT2D eigenvalue weighted by molar-refractivity contribution is 5.78. The molecule has 0 spiro atoms. The van der Waals surface area contributed by atoms with Gasteiger partial charge in [0.25, 0.3) is 0 Å². The van der Waals surface area contributed by atoms with Crippen LogP contribution in [0.15, 0.2) is 35.5 Å². The van der Waals surface area contributed by atoms with Gasteiger partial charge in [0, 0.05) is 6.92 Å². The third kappa shape index (κ3) is 4.97. The molecule has 1 aromatic carbocycles. The standard InChI is InChI=1S/C13H19NO3/c1-4-15-13(3,16-5-2)17-14-11-12-9-7-6-8-10-12/h6-11H,4-5H2,1-3H3/b14-11-. The summed E-state index contributed by atoms with van der Waals surface area (Å²) in [5, 5.41) is 3.88. The van der Waals surface area contributed by atoms with Gasteiger partial charge in [0.1, 0.15) is 0 Å². The van der Waals surface area contributed by atoms with Crippen molar-refractivity contribution < 1.29 is 14.3 Å². The number of oxime groups is 1. The van der Waals surface area contributed by atoms with E-state index in [4.69, 9.17) is 14.3 Å². The lowest BCUT2D eigenvalue weighted by Crippen LogP contribution is -2.34. The second-order valence-corrected chi connectivity index (χ2v) is 3.46. The summed E-state index contributed by atoms with van der Waals surface area (Å²) >= 11 is 0. The fourth-order valence-corrected chi connectivity index (χ4v) is 1.34. The fraction of sp³-hybridized carbons (Fsp3) is 0.462. The highest BCUT2D eigenvalue weighted by atomic mass is 16.9. The first-order valence-electron chi connectivity index (χ1n) is 5.74. The average molecular weight is 237 g/mol. The Morgan fingerprint density at radius 2 is 1.71 bits per heavy atom. The molecule has 1 aromatic rings. The third-order valence-electron chi connectivity index (χ3n) is 2.03. The minimum absolute atomic E-state index is 0.497. The summed E-state index contributed by atoms with van der Waals surface area (Å²) in [6.07, 6.45) is 1.62. The highest BCUT2D eigenvalue weighted by Gasteiger charge is 2.27. The molecule has 0 radical (unpaired) electrons. The molecule has 0 fully saturated rings. The molecule has 0 aliphatic rings. The topological polar surface area (TPSA) is 40.0 Å². The van der Waals surface area contributed by atoms with E-state index in [-0.39, 0.29) is 0 Å². The molecule has 1 rings (SSSR count). The summed E-state index contributed by atoms with van der Waals surface area (Å²) in [5.74, 6) is -1.12. The monoisotopic (exact) mass is 237 g/mol. The number of nitrogens with zero attached hydrogens (tertiary/aromatic N) is 1. The van der Waals surface area contributed by atoms with Crippen molar-refractivity contribution >= 4 is 6.21 Å². The van der Waals surface area contributed by atoms with Gasteiger partial charge in [-0.15, -0.1) is 0 Å². The van der Waals surface area contributed by atoms with Crippen LogP contribution in [0.1, 0.15) is 26.3 Å². The molecule has 0 saturated heterocycles. The molecule has 94 valence electrons. The highest BCUT2D eigenvalue weighted by Crippen LogP contribution is 2.14. The molecule has 4 nitrogen and oxygen atoms in total. The molecule has 17 heavy (non-hydrogen) atoms. The molecular formula is C13H19NO3. The van der Waals surface area contributed by atoms with Crippen molar-refractivity contribution in [2.24, 2.45) is 5.16 Å². The van der Waals surface area contributed by atoms with Gasteiger partial charge in [0.2, 0.25) is 0 Å². The van der Waals surface area contributed by atoms with Gasteiger partial charge in [-0.2, -0.15) is 0 Å². The Labute approximate surface area is 102 Å². The molecule has 0 N–H and O–H groups in total. The van der Waals surface area contributed by atoms with Crippen molar-refractivity contribution in [2.75, 3.05) is 13.2 Å². The van der Waals surface area contributed by atoms with Gasteiger partial charge in [-0.25, -0.2) is 0 Å². The predicted octanol–water partition coefficient (Wildman–Crippen LogP) is 2.78. The Balaban J connectivity index is 2.54. The summed E-state index contributed by atoms with van der Waals surface area (Å²) in [5.41, 5.74) is 0.961. The van der Waals surface area contributed by atoms with E-state index in [9.17, 15) is 0 Å². The number of rotatable bonds is 7. The van der Waals surface area contributed by atoms with Crippen LogP contribution < -0.4 is 0 Å². The van der Waals surface area contributed by atoms with Gasteiger partial charge < -0.3 is 14.3 Å². The Morgan fingerprint density at radius 3 is 2.24 bits per heavy atom. The number of hydrogen-bond acceptors (Lipinski definition) is 4. The zero-order valence-corrected chi connectivity index (χ0v) is 10.6. The van der Waals surface area contributed by atoms with Crippen LogP contribution in [0.2, 0.25) is 0 Å². The molecule has 4 heteroatoms. The SMILES string of the molecule is CCOC(C)(OCC)O/N=C\c1ccccc1. The van der Waals surface area contributed by atoms with Crippen molar-refractivity contribution in [1.82, 2.24) is 0 Å². The summed E-state index contributed by atoms with van der Waals surface area (Å²) in [6, 6.07) is 9.69. The van der Waals surface area contributed by atoms with E-state index in [0.717, 1.165) is 5.56 Å². The van der Waals surface area contributed by atoms with Crippen LogP contribution in [0, 0.1) is 0 Å². The van der Waals surface area contributed by atoms with E-state index in [2.05, 4.69) is 5.16 Å². The number of ether oxygens (including phenoxy) is 2. The number of hydrogen-bond donors (Lipinski definition) is 0. The predicted molar refractivity (Wildman–Crippen MR) is 66.8 cm³/mol. The molecule has 0 aliphatic heterocycles. The smallest absolute Gasteiger partial charge is 0.332 e. The van der Waals surface area contributed by atoms with Gasteiger partial charge in [0.05, 0.1) is 19.4 Å². The quantitative estimate of drug-likeness (QED) is 0.416. The van der Waals surface area contributed by atoms with Gasteiger partial charge in [-0.3, -0.25) is 0 Å². The van der Waals surface area contributed by atoms with Crippen LogP contribution in [-0.2, 0) is 14.3 Å². The maximum atomic E-state index is 5.35. The maximum absolute atomic E-state index is 5.35. The van der Waals surface area contributed by atoms with Crippen LogP contribution in [0.5, 0.6) is 0 Å². The van der Waals surface area contributed by atoms with E-state index in [1.54, 1.807) is 13.1 Å². The molecule has 0 amide bonds. The van der Waals surface area contributed by atoms with Crippen LogP contribution in [0.25, 0.3) is 0 Å². The van der Waals surface area contributed by atoms with Gasteiger partial charge >= 0.3 is 5.97 Å². The van der Waals surface area contributed by atoms with Crippen molar-refractivity contribution in [3.63, 3.8) is 0 Å². The van der Waals surface area contributed by atoms with E-state index < -0.39 is 5.97 Å². The first-order chi connectivity index (χ1) is 8.20. The Hall–Kier alpha value is -1.39. The number of benzene rings is 1. The van der Waals surface area contributed by atoms with Gasteiger partial charge in [-0.05, 0) is 19.4 Å². The molecule has 0 unspecified atom stereocenters. The largest absolute Gasteiger partial charge is 0.347 e. The van der Waals surface area contributed by atoms with Crippen molar-refractivity contribution in [3.05, 3.63) is 35.9 Å². The first kappa shape index (κ1) is 13.7. The van der Waals surface area contributed by atoms with Crippen LogP contribution in [0.3, 0.4) is 0 Å². The fourth-order valence-electron chi connectivity index (χ4n) is 1.34. The molecule has 0 heterocycles. The molecule has 0 bridgehead atoms. The van der Waals surface area contributed by atoms with Crippen LogP contribution >= 0.6 is 0 Å². The van der Waals surface area contributed by atoms with E-state index >= 15 is 0 Å². The average Bonchev–Trinajstić information content (AvgIpc) is 2.31. The first-order valence-corrected chi connectivity index (χ1v) is 5.74. The lowest BCUT2D eigenvalue weighted by Gasteiger charge is -2.25. The molecule has 0 atom stereocenters. The van der Waals surface area contributed by atoms with E-state index in [1.807, 2.05) is 44.2 Å². The summed E-state index contributed by atoms with van der Waals surface area (Å²) < 4.78 is 10.7. The molecular weight excluding hydrogens is 218 g/mol. The summed E-state index contributed by atoms with van der Waals surface area (Å²) in [4.78, 5) is 5.24. The summed E-state index contributed by atoms with van der Waals surface area (Å²) in [7, 11) is 0. The lowest BCUT2D eigenvalue weighted by molar-refractivity contribution is -0.368. The van der Waals surface area contributed by atoms with Gasteiger partial charge in [-0.1, -0.05) is 35.5 Å². The minimum Gasteiger partial charge on any atom is -0.332 e. The van der Waals surface area contributed by atoms with Crippen LogP contribution in [0.4, 0.5) is 0 Å². The minimum atomic E-state index is -1.12. The van der Waals surface area contributed by atoms with Gasteiger partial charge in [0.15, 0.2) is 0 Å². The lowest BCUT2D eigenvalue weighted by atomic mass is 10.2. The van der Waals surface area contributed by atoms with Crippen LogP contribution in [-0.4, -0.2) is 25.4 Å². The van der Waals surface area contributed by atoms with E-state index in [0.29, 0.717) is 13.2 Å². The van der Waals surface area contributed by atoms with Crippen molar-refractivity contribution in [3.8, 4) is 0 Å². The zero-order chi connectivity index (χ0) is 12.6. The van der Waals surface area contributed by atoms with E-state index in [1.165, 1.54) is 0 Å². The zero-order valence-electron chi connectivity index (χ0n) is 10.6. The third-order valence-corrected chi connectivity index (χ3v) is 2.03. The van der Waals surface area contributed by atoms with Crippen molar-refractivity contribution in [2.45, 2.75) is 26.7 Å². The maximum Gasteiger partial charge on any atom is 0.347 e. The second kappa shape index (κ2) is 7.04.